The van der Waals surface area contributed by atoms with Gasteiger partial charge in [0.05, 0.1) is 17.1 Å². The van der Waals surface area contributed by atoms with Crippen molar-refractivity contribution in [2.75, 3.05) is 23.8 Å². The monoisotopic (exact) mass is 399 g/mol. The highest BCUT2D eigenvalue weighted by Gasteiger charge is 2.09. The van der Waals surface area contributed by atoms with Crippen LogP contribution in [0.2, 0.25) is 0 Å². The van der Waals surface area contributed by atoms with Crippen molar-refractivity contribution in [3.05, 3.63) is 59.2 Å². The highest BCUT2D eigenvalue weighted by Crippen LogP contribution is 2.27. The molecule has 0 fully saturated rings. The molecule has 0 aliphatic rings. The van der Waals surface area contributed by atoms with Gasteiger partial charge in [-0.2, -0.15) is 4.98 Å². The number of aliphatic hydroxyl groups is 1. The van der Waals surface area contributed by atoms with E-state index in [4.69, 9.17) is 5.11 Å². The molecule has 25 heavy (non-hydrogen) atoms. The maximum Gasteiger partial charge on any atom is 0.225 e. The van der Waals surface area contributed by atoms with E-state index in [1.807, 2.05) is 48.5 Å². The molecule has 0 saturated heterocycles. The predicted molar refractivity (Wildman–Crippen MR) is 103 cm³/mol. The molecule has 0 saturated carbocycles. The summed E-state index contributed by atoms with van der Waals surface area (Å²) < 4.78 is 0.947. The number of aliphatic hydroxyl groups excluding tert-OH is 1. The third-order valence-electron chi connectivity index (χ3n) is 3.41. The quantitative estimate of drug-likeness (QED) is 0.523. The fourth-order valence-corrected chi connectivity index (χ4v) is 2.60. The predicted octanol–water partition coefficient (Wildman–Crippen LogP) is 3.84. The summed E-state index contributed by atoms with van der Waals surface area (Å²) in [5.74, 6) is 1.15. The van der Waals surface area contributed by atoms with Crippen molar-refractivity contribution >= 4 is 33.4 Å². The van der Waals surface area contributed by atoms with Gasteiger partial charge in [-0.15, -0.1) is 0 Å². The molecule has 0 atom stereocenters. The van der Waals surface area contributed by atoms with Crippen LogP contribution in [0.15, 0.2) is 59.2 Å². The number of nitrogens with zero attached hydrogens (tertiary/aromatic N) is 3. The number of anilines is 3. The summed E-state index contributed by atoms with van der Waals surface area (Å²) in [6.07, 6.45) is 2.36. The lowest BCUT2D eigenvalue weighted by Gasteiger charge is -2.12. The molecule has 3 rings (SSSR count). The van der Waals surface area contributed by atoms with Crippen LogP contribution in [0.25, 0.3) is 11.4 Å². The Morgan fingerprint density at radius 2 is 1.84 bits per heavy atom. The van der Waals surface area contributed by atoms with E-state index in [-0.39, 0.29) is 6.61 Å². The summed E-state index contributed by atoms with van der Waals surface area (Å²) in [5, 5.41) is 15.4. The topological polar surface area (TPSA) is 83.0 Å². The Bertz CT molecular complexity index is 829. The lowest BCUT2D eigenvalue weighted by Crippen LogP contribution is -2.09. The minimum absolute atomic E-state index is 0.120. The molecular formula is C18H18BrN5O. The van der Waals surface area contributed by atoms with E-state index >= 15 is 0 Å². The lowest BCUT2D eigenvalue weighted by atomic mass is 10.2. The van der Waals surface area contributed by atoms with E-state index in [2.05, 4.69) is 41.5 Å². The zero-order valence-corrected chi connectivity index (χ0v) is 15.1. The summed E-state index contributed by atoms with van der Waals surface area (Å²) in [5.41, 5.74) is 2.40. The first-order valence-electron chi connectivity index (χ1n) is 7.93. The van der Waals surface area contributed by atoms with Gasteiger partial charge in [0.25, 0.3) is 0 Å². The Kier molecular flexibility index (Phi) is 5.92. The zero-order valence-electron chi connectivity index (χ0n) is 13.5. The number of para-hydroxylation sites is 1. The second kappa shape index (κ2) is 8.55. The van der Waals surface area contributed by atoms with Crippen molar-refractivity contribution in [1.82, 2.24) is 15.0 Å². The SMILES string of the molecule is OCCCNc1nc(Nc2ccccc2Br)cc(-c2ccccn2)n1. The van der Waals surface area contributed by atoms with Crippen LogP contribution in [0.3, 0.4) is 0 Å². The minimum atomic E-state index is 0.120. The molecule has 0 aliphatic carbocycles. The Hall–Kier alpha value is -2.51. The standard InChI is InChI=1S/C18H18BrN5O/c19-13-6-1-2-7-14(13)22-17-12-16(15-8-3-4-9-20-15)23-18(24-17)21-10-5-11-25/h1-4,6-9,12,25H,5,10-11H2,(H2,21,22,23,24). The first kappa shape index (κ1) is 17.3. The summed E-state index contributed by atoms with van der Waals surface area (Å²) in [6, 6.07) is 15.4. The van der Waals surface area contributed by atoms with Crippen LogP contribution < -0.4 is 10.6 Å². The summed E-state index contributed by atoms with van der Waals surface area (Å²) in [7, 11) is 0. The highest BCUT2D eigenvalue weighted by atomic mass is 79.9. The molecule has 3 N–H and O–H groups in total. The van der Waals surface area contributed by atoms with E-state index in [9.17, 15) is 0 Å². The Morgan fingerprint density at radius 1 is 1.00 bits per heavy atom. The number of rotatable bonds is 7. The molecule has 0 radical (unpaired) electrons. The van der Waals surface area contributed by atoms with E-state index in [0.29, 0.717) is 24.7 Å². The van der Waals surface area contributed by atoms with E-state index in [1.54, 1.807) is 6.20 Å². The first-order chi connectivity index (χ1) is 12.3. The van der Waals surface area contributed by atoms with Crippen molar-refractivity contribution in [2.24, 2.45) is 0 Å². The zero-order chi connectivity index (χ0) is 17.5. The minimum Gasteiger partial charge on any atom is -0.396 e. The fraction of sp³-hybridized carbons (Fsp3) is 0.167. The molecule has 1 aromatic carbocycles. The smallest absolute Gasteiger partial charge is 0.225 e. The van der Waals surface area contributed by atoms with Crippen molar-refractivity contribution in [3.8, 4) is 11.4 Å². The number of nitrogens with one attached hydrogen (secondary N) is 2. The summed E-state index contributed by atoms with van der Waals surface area (Å²) in [6.45, 7) is 0.714. The van der Waals surface area contributed by atoms with Crippen molar-refractivity contribution < 1.29 is 5.11 Å². The molecule has 2 heterocycles. The van der Waals surface area contributed by atoms with Crippen LogP contribution in [-0.2, 0) is 0 Å². The fourth-order valence-electron chi connectivity index (χ4n) is 2.22. The van der Waals surface area contributed by atoms with Gasteiger partial charge in [0.2, 0.25) is 5.95 Å². The second-order valence-corrected chi connectivity index (χ2v) is 6.14. The molecule has 6 nitrogen and oxygen atoms in total. The van der Waals surface area contributed by atoms with Gasteiger partial charge in [-0.25, -0.2) is 4.98 Å². The van der Waals surface area contributed by atoms with Crippen LogP contribution in [0.1, 0.15) is 6.42 Å². The van der Waals surface area contributed by atoms with E-state index in [0.717, 1.165) is 21.5 Å². The van der Waals surface area contributed by atoms with Crippen LogP contribution in [0.4, 0.5) is 17.5 Å². The number of benzene rings is 1. The Morgan fingerprint density at radius 3 is 2.60 bits per heavy atom. The van der Waals surface area contributed by atoms with Crippen molar-refractivity contribution in [2.45, 2.75) is 6.42 Å². The van der Waals surface area contributed by atoms with Gasteiger partial charge in [-0.05, 0) is 46.6 Å². The highest BCUT2D eigenvalue weighted by molar-refractivity contribution is 9.10. The van der Waals surface area contributed by atoms with Gasteiger partial charge < -0.3 is 15.7 Å². The molecule has 0 spiro atoms. The van der Waals surface area contributed by atoms with Crippen LogP contribution in [-0.4, -0.2) is 33.2 Å². The third-order valence-corrected chi connectivity index (χ3v) is 4.10. The second-order valence-electron chi connectivity index (χ2n) is 5.29. The number of halogens is 1. The van der Waals surface area contributed by atoms with Crippen molar-refractivity contribution in [3.63, 3.8) is 0 Å². The number of pyridine rings is 1. The summed E-state index contributed by atoms with van der Waals surface area (Å²) in [4.78, 5) is 13.4. The molecule has 0 amide bonds. The van der Waals surface area contributed by atoms with Crippen LogP contribution in [0, 0.1) is 0 Å². The van der Waals surface area contributed by atoms with Crippen LogP contribution >= 0.6 is 15.9 Å². The van der Waals surface area contributed by atoms with Crippen molar-refractivity contribution in [1.29, 1.82) is 0 Å². The third kappa shape index (κ3) is 4.74. The van der Waals surface area contributed by atoms with Gasteiger partial charge in [0.1, 0.15) is 5.82 Å². The molecule has 2 aromatic heterocycles. The average Bonchev–Trinajstić information content (AvgIpc) is 2.64. The molecule has 3 aromatic rings. The molecule has 7 heteroatoms. The Balaban J connectivity index is 1.93. The number of aromatic nitrogens is 3. The lowest BCUT2D eigenvalue weighted by molar-refractivity contribution is 0.292. The maximum atomic E-state index is 8.95. The number of hydrogen-bond donors (Lipinski definition) is 3. The molecule has 128 valence electrons. The number of hydrogen-bond acceptors (Lipinski definition) is 6. The molecule has 0 unspecified atom stereocenters. The Labute approximate surface area is 154 Å². The molecular weight excluding hydrogens is 382 g/mol. The van der Waals surface area contributed by atoms with E-state index < -0.39 is 0 Å². The van der Waals surface area contributed by atoms with Gasteiger partial charge in [0, 0.05) is 29.9 Å². The van der Waals surface area contributed by atoms with Gasteiger partial charge in [-0.1, -0.05) is 18.2 Å². The maximum absolute atomic E-state index is 8.95. The average molecular weight is 400 g/mol. The normalized spacial score (nSPS) is 10.5. The van der Waals surface area contributed by atoms with Gasteiger partial charge in [-0.3, -0.25) is 4.98 Å². The van der Waals surface area contributed by atoms with E-state index in [1.165, 1.54) is 0 Å². The largest absolute Gasteiger partial charge is 0.396 e. The molecule has 0 bridgehead atoms. The van der Waals surface area contributed by atoms with Crippen LogP contribution in [0.5, 0.6) is 0 Å². The molecule has 0 aliphatic heterocycles. The summed E-state index contributed by atoms with van der Waals surface area (Å²) >= 11 is 3.53. The van der Waals surface area contributed by atoms with Gasteiger partial charge in [0.15, 0.2) is 0 Å². The van der Waals surface area contributed by atoms with Gasteiger partial charge >= 0.3 is 0 Å². The first-order valence-corrected chi connectivity index (χ1v) is 8.72.